The zero-order chi connectivity index (χ0) is 18.8. The molecule has 2 aromatic carbocycles. The van der Waals surface area contributed by atoms with Crippen LogP contribution in [0, 0.1) is 25.5 Å². The molecule has 2 rings (SSSR count). The fourth-order valence-electron chi connectivity index (χ4n) is 2.21. The summed E-state index contributed by atoms with van der Waals surface area (Å²) in [6.45, 7) is 3.17. The predicted octanol–water partition coefficient (Wildman–Crippen LogP) is 2.99. The van der Waals surface area contributed by atoms with E-state index >= 15 is 0 Å². The number of anilines is 2. The summed E-state index contributed by atoms with van der Waals surface area (Å²) in [6, 6.07) is 7.72. The molecule has 0 spiro atoms. The number of carbonyl (C=O) groups excluding carboxylic acids is 1. The largest absolute Gasteiger partial charge is 0.325 e. The van der Waals surface area contributed by atoms with Gasteiger partial charge in [0.15, 0.2) is 0 Å². The van der Waals surface area contributed by atoms with Crippen molar-refractivity contribution in [1.82, 2.24) is 0 Å². The minimum atomic E-state index is -3.95. The van der Waals surface area contributed by atoms with Crippen LogP contribution in [0.15, 0.2) is 36.4 Å². The van der Waals surface area contributed by atoms with Crippen molar-refractivity contribution in [3.05, 3.63) is 59.2 Å². The van der Waals surface area contributed by atoms with Gasteiger partial charge >= 0.3 is 0 Å². The van der Waals surface area contributed by atoms with Gasteiger partial charge in [-0.3, -0.25) is 9.10 Å². The lowest BCUT2D eigenvalue weighted by molar-refractivity contribution is -0.114. The second-order valence-electron chi connectivity index (χ2n) is 5.71. The maximum atomic E-state index is 13.9. The Kier molecular flexibility index (Phi) is 5.42. The second kappa shape index (κ2) is 7.18. The molecule has 0 aliphatic heterocycles. The normalized spacial score (nSPS) is 11.2. The van der Waals surface area contributed by atoms with Crippen LogP contribution in [-0.2, 0) is 14.8 Å². The van der Waals surface area contributed by atoms with Crippen LogP contribution in [0.5, 0.6) is 0 Å². The van der Waals surface area contributed by atoms with E-state index in [1.165, 1.54) is 0 Å². The summed E-state index contributed by atoms with van der Waals surface area (Å²) in [5.41, 5.74) is 2.12. The van der Waals surface area contributed by atoms with Gasteiger partial charge in [0.25, 0.3) is 0 Å². The van der Waals surface area contributed by atoms with E-state index in [2.05, 4.69) is 5.32 Å². The van der Waals surface area contributed by atoms with Gasteiger partial charge in [-0.2, -0.15) is 0 Å². The molecular formula is C17H18F2N2O3S. The Labute approximate surface area is 145 Å². The third-order valence-electron chi connectivity index (χ3n) is 3.66. The van der Waals surface area contributed by atoms with Gasteiger partial charge in [0.1, 0.15) is 18.2 Å². The standard InChI is InChI=1S/C17H18F2N2O3S/c1-11-4-6-14(8-12(11)2)20-17(22)10-21(25(3,23)24)16-7-5-13(18)9-15(16)19/h4-9H,10H2,1-3H3,(H,20,22). The predicted molar refractivity (Wildman–Crippen MR) is 93.1 cm³/mol. The van der Waals surface area contributed by atoms with Crippen molar-refractivity contribution in [2.45, 2.75) is 13.8 Å². The van der Waals surface area contributed by atoms with Gasteiger partial charge in [-0.1, -0.05) is 6.07 Å². The molecule has 0 atom stereocenters. The molecule has 0 saturated heterocycles. The van der Waals surface area contributed by atoms with Crippen LogP contribution in [0.4, 0.5) is 20.2 Å². The summed E-state index contributed by atoms with van der Waals surface area (Å²) in [5.74, 6) is -2.55. The van der Waals surface area contributed by atoms with Gasteiger partial charge in [-0.05, 0) is 49.2 Å². The minimum absolute atomic E-state index is 0.390. The molecule has 1 N–H and O–H groups in total. The topological polar surface area (TPSA) is 66.5 Å². The maximum Gasteiger partial charge on any atom is 0.245 e. The van der Waals surface area contributed by atoms with Gasteiger partial charge in [0.2, 0.25) is 15.9 Å². The number of carbonyl (C=O) groups is 1. The molecule has 134 valence electrons. The zero-order valence-corrected chi connectivity index (χ0v) is 14.8. The highest BCUT2D eigenvalue weighted by molar-refractivity contribution is 7.92. The average Bonchev–Trinajstić information content (AvgIpc) is 2.48. The van der Waals surface area contributed by atoms with Gasteiger partial charge in [-0.15, -0.1) is 0 Å². The van der Waals surface area contributed by atoms with Gasteiger partial charge < -0.3 is 5.32 Å². The van der Waals surface area contributed by atoms with Crippen LogP contribution in [0.25, 0.3) is 0 Å². The average molecular weight is 368 g/mol. The third kappa shape index (κ3) is 4.76. The van der Waals surface area contributed by atoms with E-state index in [-0.39, 0.29) is 5.69 Å². The Morgan fingerprint density at radius 3 is 2.32 bits per heavy atom. The second-order valence-corrected chi connectivity index (χ2v) is 7.62. The first-order valence-corrected chi connectivity index (χ1v) is 9.22. The Morgan fingerprint density at radius 2 is 1.76 bits per heavy atom. The number of amides is 1. The van der Waals surface area contributed by atoms with Crippen LogP contribution in [-0.4, -0.2) is 27.1 Å². The van der Waals surface area contributed by atoms with E-state index in [4.69, 9.17) is 0 Å². The van der Waals surface area contributed by atoms with Crippen molar-refractivity contribution < 1.29 is 22.0 Å². The molecule has 0 radical (unpaired) electrons. The molecule has 8 heteroatoms. The number of hydrogen-bond acceptors (Lipinski definition) is 3. The summed E-state index contributed by atoms with van der Waals surface area (Å²) < 4.78 is 51.4. The smallest absolute Gasteiger partial charge is 0.245 e. The number of nitrogens with one attached hydrogen (secondary N) is 1. The number of benzene rings is 2. The Hall–Kier alpha value is -2.48. The van der Waals surface area contributed by atoms with E-state index in [0.29, 0.717) is 16.1 Å². The molecule has 0 unspecified atom stereocenters. The summed E-state index contributed by atoms with van der Waals surface area (Å²) in [4.78, 5) is 12.2. The van der Waals surface area contributed by atoms with Crippen LogP contribution in [0.3, 0.4) is 0 Å². The first-order chi connectivity index (χ1) is 11.6. The number of aryl methyl sites for hydroxylation is 2. The molecule has 0 saturated carbocycles. The van der Waals surface area contributed by atoms with E-state index < -0.39 is 34.1 Å². The van der Waals surface area contributed by atoms with Crippen molar-refractivity contribution >= 4 is 27.3 Å². The molecule has 0 aliphatic carbocycles. The molecular weight excluding hydrogens is 350 g/mol. The van der Waals surface area contributed by atoms with Crippen LogP contribution in [0.1, 0.15) is 11.1 Å². The Bertz CT molecular complexity index is 914. The van der Waals surface area contributed by atoms with E-state index in [9.17, 15) is 22.0 Å². The lowest BCUT2D eigenvalue weighted by atomic mass is 10.1. The van der Waals surface area contributed by atoms with Gasteiger partial charge in [0.05, 0.1) is 11.9 Å². The third-order valence-corrected chi connectivity index (χ3v) is 4.78. The highest BCUT2D eigenvalue weighted by Crippen LogP contribution is 2.23. The first-order valence-electron chi connectivity index (χ1n) is 7.38. The summed E-state index contributed by atoms with van der Waals surface area (Å²) in [6.07, 6.45) is 0.846. The van der Waals surface area contributed by atoms with Crippen molar-refractivity contribution in [2.24, 2.45) is 0 Å². The lowest BCUT2D eigenvalue weighted by Crippen LogP contribution is -2.38. The quantitative estimate of drug-likeness (QED) is 0.882. The number of nitrogens with zero attached hydrogens (tertiary/aromatic N) is 1. The van der Waals surface area contributed by atoms with Crippen molar-refractivity contribution in [3.63, 3.8) is 0 Å². The lowest BCUT2D eigenvalue weighted by Gasteiger charge is -2.22. The van der Waals surface area contributed by atoms with E-state index in [0.717, 1.165) is 29.5 Å². The summed E-state index contributed by atoms with van der Waals surface area (Å²) in [5, 5.41) is 2.57. The monoisotopic (exact) mass is 368 g/mol. The zero-order valence-electron chi connectivity index (χ0n) is 14.0. The maximum absolute atomic E-state index is 13.9. The summed E-state index contributed by atoms with van der Waals surface area (Å²) in [7, 11) is -3.95. The van der Waals surface area contributed by atoms with Crippen molar-refractivity contribution in [2.75, 3.05) is 22.4 Å². The van der Waals surface area contributed by atoms with E-state index in [1.54, 1.807) is 12.1 Å². The Morgan fingerprint density at radius 1 is 1.08 bits per heavy atom. The van der Waals surface area contributed by atoms with Gasteiger partial charge in [-0.25, -0.2) is 17.2 Å². The van der Waals surface area contributed by atoms with E-state index in [1.807, 2.05) is 19.9 Å². The molecule has 5 nitrogen and oxygen atoms in total. The van der Waals surface area contributed by atoms with Crippen LogP contribution < -0.4 is 9.62 Å². The number of halogens is 2. The SMILES string of the molecule is Cc1ccc(NC(=O)CN(c2ccc(F)cc2F)S(C)(=O)=O)cc1C. The fourth-order valence-corrected chi connectivity index (χ4v) is 3.07. The first kappa shape index (κ1) is 18.9. The Balaban J connectivity index is 2.25. The molecule has 2 aromatic rings. The number of hydrogen-bond donors (Lipinski definition) is 1. The van der Waals surface area contributed by atoms with Crippen LogP contribution >= 0.6 is 0 Å². The fraction of sp³-hybridized carbons (Fsp3) is 0.235. The molecule has 0 bridgehead atoms. The van der Waals surface area contributed by atoms with Crippen LogP contribution in [0.2, 0.25) is 0 Å². The highest BCUT2D eigenvalue weighted by Gasteiger charge is 2.24. The molecule has 0 aliphatic rings. The number of sulfonamides is 1. The molecule has 0 heterocycles. The minimum Gasteiger partial charge on any atom is -0.325 e. The number of rotatable bonds is 5. The molecule has 0 fully saturated rings. The molecule has 0 aromatic heterocycles. The highest BCUT2D eigenvalue weighted by atomic mass is 32.2. The van der Waals surface area contributed by atoms with Crippen molar-refractivity contribution in [1.29, 1.82) is 0 Å². The van der Waals surface area contributed by atoms with Gasteiger partial charge in [0, 0.05) is 11.8 Å². The summed E-state index contributed by atoms with van der Waals surface area (Å²) >= 11 is 0. The molecule has 1 amide bonds. The van der Waals surface area contributed by atoms with Crippen molar-refractivity contribution in [3.8, 4) is 0 Å². The molecule has 25 heavy (non-hydrogen) atoms.